The van der Waals surface area contributed by atoms with E-state index in [4.69, 9.17) is 5.73 Å². The van der Waals surface area contributed by atoms with Gasteiger partial charge in [-0.1, -0.05) is 0 Å². The van der Waals surface area contributed by atoms with Crippen LogP contribution < -0.4 is 11.4 Å². The second-order valence-corrected chi connectivity index (χ2v) is 3.29. The quantitative estimate of drug-likeness (QED) is 0.558. The predicted molar refractivity (Wildman–Crippen MR) is 56.1 cm³/mol. The fraction of sp³-hybridized carbons (Fsp3) is 0.556. The maximum Gasteiger partial charge on any atom is 0.329 e. The molecule has 0 atom stereocenters. The van der Waals surface area contributed by atoms with Crippen molar-refractivity contribution in [1.29, 1.82) is 0 Å². The summed E-state index contributed by atoms with van der Waals surface area (Å²) in [6.45, 7) is 0.157. The third-order valence-electron chi connectivity index (χ3n) is 2.17. The Morgan fingerprint density at radius 3 is 2.88 bits per heavy atom. The van der Waals surface area contributed by atoms with Gasteiger partial charge in [-0.25, -0.2) is 4.79 Å². The van der Waals surface area contributed by atoms with Crippen LogP contribution in [0.4, 0.5) is 0 Å². The Morgan fingerprint density at radius 2 is 2.31 bits per heavy atom. The van der Waals surface area contributed by atoms with E-state index in [-0.39, 0.29) is 12.4 Å². The molecule has 0 fully saturated rings. The number of carbonyl (C=O) groups is 1. The van der Waals surface area contributed by atoms with E-state index in [0.29, 0.717) is 25.1 Å². The molecule has 0 aliphatic rings. The van der Waals surface area contributed by atoms with Crippen molar-refractivity contribution in [3.63, 3.8) is 0 Å². The van der Waals surface area contributed by atoms with Gasteiger partial charge in [0.25, 0.3) is 0 Å². The van der Waals surface area contributed by atoms with Gasteiger partial charge in [0.1, 0.15) is 6.54 Å². The zero-order chi connectivity index (χ0) is 12.1. The Balaban J connectivity index is 2.89. The van der Waals surface area contributed by atoms with Crippen molar-refractivity contribution in [3.8, 4) is 5.88 Å². The first-order valence-corrected chi connectivity index (χ1v) is 4.87. The summed E-state index contributed by atoms with van der Waals surface area (Å²) in [4.78, 5) is 24.8. The van der Waals surface area contributed by atoms with Gasteiger partial charge in [-0.15, -0.1) is 0 Å². The van der Waals surface area contributed by atoms with E-state index in [9.17, 15) is 14.7 Å². The molecule has 1 aromatic heterocycles. The molecule has 0 aromatic carbocycles. The summed E-state index contributed by atoms with van der Waals surface area (Å²) in [6, 6.07) is 0. The zero-order valence-electron chi connectivity index (χ0n) is 9.02. The normalized spacial score (nSPS) is 10.4. The van der Waals surface area contributed by atoms with Crippen LogP contribution in [0.5, 0.6) is 5.88 Å². The van der Waals surface area contributed by atoms with Crippen molar-refractivity contribution >= 4 is 5.97 Å². The number of aromatic nitrogens is 2. The number of aromatic amines is 1. The molecule has 0 aliphatic heterocycles. The molecule has 0 saturated carbocycles. The van der Waals surface area contributed by atoms with Crippen LogP contribution in [0.1, 0.15) is 12.1 Å². The number of H-pyrrole nitrogens is 1. The summed E-state index contributed by atoms with van der Waals surface area (Å²) in [7, 11) is 1.21. The predicted octanol–water partition coefficient (Wildman–Crippen LogP) is -1.05. The van der Waals surface area contributed by atoms with Gasteiger partial charge >= 0.3 is 11.7 Å². The van der Waals surface area contributed by atoms with Crippen molar-refractivity contribution in [2.75, 3.05) is 13.7 Å². The summed E-state index contributed by atoms with van der Waals surface area (Å²) in [5.74, 6) is -0.828. The highest BCUT2D eigenvalue weighted by atomic mass is 16.5. The van der Waals surface area contributed by atoms with Crippen LogP contribution in [-0.2, 0) is 22.5 Å². The number of aryl methyl sites for hydroxylation is 1. The van der Waals surface area contributed by atoms with Gasteiger partial charge in [-0.3, -0.25) is 9.36 Å². The second-order valence-electron chi connectivity index (χ2n) is 3.29. The Labute approximate surface area is 91.8 Å². The monoisotopic (exact) mass is 229 g/mol. The van der Waals surface area contributed by atoms with E-state index >= 15 is 0 Å². The largest absolute Gasteiger partial charge is 0.493 e. The molecule has 1 heterocycles. The Bertz CT molecular complexity index is 421. The molecule has 0 saturated heterocycles. The number of esters is 1. The lowest BCUT2D eigenvalue weighted by atomic mass is 10.2. The van der Waals surface area contributed by atoms with Crippen LogP contribution in [0, 0.1) is 0 Å². The van der Waals surface area contributed by atoms with Crippen LogP contribution in [0.2, 0.25) is 0 Å². The number of carbonyl (C=O) groups excluding carboxylic acids is 1. The van der Waals surface area contributed by atoms with E-state index in [2.05, 4.69) is 9.72 Å². The number of nitrogens with two attached hydrogens (primary N) is 1. The molecule has 90 valence electrons. The van der Waals surface area contributed by atoms with E-state index < -0.39 is 11.7 Å². The molecule has 7 nitrogen and oxygen atoms in total. The number of hydrogen-bond acceptors (Lipinski definition) is 5. The molecular weight excluding hydrogens is 214 g/mol. The number of rotatable bonds is 5. The Morgan fingerprint density at radius 1 is 1.62 bits per heavy atom. The van der Waals surface area contributed by atoms with Crippen molar-refractivity contribution < 1.29 is 14.6 Å². The van der Waals surface area contributed by atoms with Crippen LogP contribution in [0.25, 0.3) is 0 Å². The number of nitrogens with zero attached hydrogens (tertiary/aromatic N) is 1. The number of imidazole rings is 1. The highest BCUT2D eigenvalue weighted by Crippen LogP contribution is 2.13. The van der Waals surface area contributed by atoms with Crippen LogP contribution in [-0.4, -0.2) is 34.3 Å². The average Bonchev–Trinajstić information content (AvgIpc) is 2.53. The lowest BCUT2D eigenvalue weighted by Crippen LogP contribution is -2.22. The summed E-state index contributed by atoms with van der Waals surface area (Å²) < 4.78 is 5.34. The second kappa shape index (κ2) is 5.36. The van der Waals surface area contributed by atoms with E-state index in [1.807, 2.05) is 0 Å². The van der Waals surface area contributed by atoms with Crippen LogP contribution in [0.3, 0.4) is 0 Å². The van der Waals surface area contributed by atoms with Gasteiger partial charge in [0.15, 0.2) is 0 Å². The lowest BCUT2D eigenvalue weighted by Gasteiger charge is -2.01. The molecule has 0 aliphatic carbocycles. The molecule has 1 rings (SSSR count). The van der Waals surface area contributed by atoms with E-state index in [1.54, 1.807) is 0 Å². The molecule has 1 aromatic rings. The smallest absolute Gasteiger partial charge is 0.329 e. The van der Waals surface area contributed by atoms with Gasteiger partial charge in [0.05, 0.1) is 12.8 Å². The number of ether oxygens (including phenoxy) is 1. The minimum absolute atomic E-state index is 0.233. The molecule has 0 radical (unpaired) electrons. The fourth-order valence-electron chi connectivity index (χ4n) is 1.31. The maximum absolute atomic E-state index is 11.4. The first-order chi connectivity index (χ1) is 7.60. The Kier molecular flexibility index (Phi) is 4.12. The molecule has 0 amide bonds. The van der Waals surface area contributed by atoms with E-state index in [1.165, 1.54) is 7.11 Å². The van der Waals surface area contributed by atoms with Crippen molar-refractivity contribution in [1.82, 2.24) is 9.55 Å². The summed E-state index contributed by atoms with van der Waals surface area (Å²) in [5, 5.41) is 9.66. The van der Waals surface area contributed by atoms with Crippen molar-refractivity contribution in [2.45, 2.75) is 19.4 Å². The average molecular weight is 229 g/mol. The summed E-state index contributed by atoms with van der Waals surface area (Å²) >= 11 is 0. The minimum Gasteiger partial charge on any atom is -0.493 e. The number of nitrogens with one attached hydrogen (secondary N) is 1. The summed E-state index contributed by atoms with van der Waals surface area (Å²) in [5.41, 5.74) is 5.17. The molecule has 0 unspecified atom stereocenters. The van der Waals surface area contributed by atoms with E-state index in [0.717, 1.165) is 4.57 Å². The lowest BCUT2D eigenvalue weighted by molar-refractivity contribution is -0.141. The number of hydrogen-bond donors (Lipinski definition) is 3. The highest BCUT2D eigenvalue weighted by molar-refractivity contribution is 5.69. The van der Waals surface area contributed by atoms with Crippen LogP contribution >= 0.6 is 0 Å². The van der Waals surface area contributed by atoms with Gasteiger partial charge in [0, 0.05) is 0 Å². The van der Waals surface area contributed by atoms with Crippen molar-refractivity contribution in [3.05, 3.63) is 16.2 Å². The molecule has 16 heavy (non-hydrogen) atoms. The molecular formula is C9H15N3O4. The molecule has 0 spiro atoms. The minimum atomic E-state index is -0.596. The number of aromatic hydroxyl groups is 1. The maximum atomic E-state index is 11.4. The zero-order valence-corrected chi connectivity index (χ0v) is 9.02. The third-order valence-corrected chi connectivity index (χ3v) is 2.17. The van der Waals surface area contributed by atoms with Crippen LogP contribution in [0.15, 0.2) is 4.79 Å². The van der Waals surface area contributed by atoms with Gasteiger partial charge in [-0.05, 0) is 19.4 Å². The molecule has 0 bridgehead atoms. The Hall–Kier alpha value is -1.76. The third kappa shape index (κ3) is 2.63. The molecule has 4 N–H and O–H groups in total. The van der Waals surface area contributed by atoms with Gasteiger partial charge < -0.3 is 20.6 Å². The first-order valence-electron chi connectivity index (χ1n) is 4.87. The molecule has 7 heteroatoms. The number of methoxy groups -OCH3 is 1. The topological polar surface area (TPSA) is 110 Å². The fourth-order valence-corrected chi connectivity index (χ4v) is 1.31. The first kappa shape index (κ1) is 12.3. The SMILES string of the molecule is COC(=O)Cn1c(O)c(CCCN)[nH]c1=O. The van der Waals surface area contributed by atoms with Gasteiger partial charge in [-0.2, -0.15) is 0 Å². The van der Waals surface area contributed by atoms with Gasteiger partial charge in [0.2, 0.25) is 5.88 Å². The summed E-state index contributed by atoms with van der Waals surface area (Å²) in [6.07, 6.45) is 1.11. The van der Waals surface area contributed by atoms with Crippen molar-refractivity contribution in [2.24, 2.45) is 5.73 Å². The standard InChI is InChI=1S/C9H15N3O4/c1-16-7(13)5-12-8(14)6(3-2-4-10)11-9(12)15/h14H,2-5,10H2,1H3,(H,11,15). The highest BCUT2D eigenvalue weighted by Gasteiger charge is 2.15.